The highest BCUT2D eigenvalue weighted by atomic mass is 32.1. The fourth-order valence-corrected chi connectivity index (χ4v) is 3.55. The van der Waals surface area contributed by atoms with Crippen molar-refractivity contribution in [2.75, 3.05) is 5.32 Å². The Hall–Kier alpha value is -1.64. The van der Waals surface area contributed by atoms with Crippen LogP contribution >= 0.6 is 34.0 Å². The molecule has 0 aromatic carbocycles. The van der Waals surface area contributed by atoms with E-state index in [0.717, 1.165) is 15.6 Å². The topological polar surface area (TPSA) is 67.8 Å². The number of anilines is 1. The van der Waals surface area contributed by atoms with Crippen molar-refractivity contribution in [2.24, 2.45) is 0 Å². The Labute approximate surface area is 121 Å². The van der Waals surface area contributed by atoms with Crippen molar-refractivity contribution in [3.63, 3.8) is 0 Å². The third kappa shape index (κ3) is 3.03. The van der Waals surface area contributed by atoms with Crippen LogP contribution in [0.4, 0.5) is 5.13 Å². The molecule has 1 amide bonds. The van der Waals surface area contributed by atoms with Crippen LogP contribution < -0.4 is 5.32 Å². The number of amides is 1. The molecule has 0 atom stereocenters. The van der Waals surface area contributed by atoms with E-state index >= 15 is 0 Å². The first kappa shape index (κ1) is 12.4. The Kier molecular flexibility index (Phi) is 3.62. The number of thiophene rings is 1. The molecule has 3 aromatic heterocycles. The number of nitrogens with zero attached hydrogens (tertiary/aromatic N) is 3. The molecule has 0 aliphatic rings. The highest BCUT2D eigenvalue weighted by molar-refractivity contribution is 7.20. The van der Waals surface area contributed by atoms with E-state index in [-0.39, 0.29) is 12.3 Å². The van der Waals surface area contributed by atoms with Crippen LogP contribution in [0.2, 0.25) is 0 Å². The summed E-state index contributed by atoms with van der Waals surface area (Å²) in [6.45, 7) is 0. The van der Waals surface area contributed by atoms with Crippen LogP contribution in [0.15, 0.2) is 28.4 Å². The second-order valence-corrected chi connectivity index (χ2v) is 6.23. The normalized spacial score (nSPS) is 10.5. The molecule has 1 N–H and O–H groups in total. The molecule has 0 saturated heterocycles. The van der Waals surface area contributed by atoms with Gasteiger partial charge in [0.1, 0.15) is 10.5 Å². The van der Waals surface area contributed by atoms with Gasteiger partial charge in [0.25, 0.3) is 0 Å². The molecule has 0 radical (unpaired) electrons. The number of aromatic nitrogens is 3. The minimum absolute atomic E-state index is 0.125. The minimum atomic E-state index is -0.125. The maximum Gasteiger partial charge on any atom is 0.232 e. The lowest BCUT2D eigenvalue weighted by molar-refractivity contribution is -0.115. The van der Waals surface area contributed by atoms with Crippen LogP contribution in [-0.4, -0.2) is 21.1 Å². The zero-order chi connectivity index (χ0) is 13.1. The smallest absolute Gasteiger partial charge is 0.232 e. The highest BCUT2D eigenvalue weighted by Gasteiger charge is 2.10. The van der Waals surface area contributed by atoms with Crippen molar-refractivity contribution < 1.29 is 4.79 Å². The second kappa shape index (κ2) is 5.55. The molecule has 19 heavy (non-hydrogen) atoms. The highest BCUT2D eigenvalue weighted by Crippen LogP contribution is 2.27. The van der Waals surface area contributed by atoms with E-state index in [4.69, 9.17) is 0 Å². The van der Waals surface area contributed by atoms with Crippen molar-refractivity contribution in [3.8, 4) is 9.88 Å². The first-order valence-corrected chi connectivity index (χ1v) is 7.99. The van der Waals surface area contributed by atoms with Crippen molar-refractivity contribution in [3.05, 3.63) is 34.1 Å². The first-order chi connectivity index (χ1) is 9.31. The van der Waals surface area contributed by atoms with Crippen LogP contribution in [-0.2, 0) is 11.2 Å². The number of hydrogen-bond donors (Lipinski definition) is 1. The average molecular weight is 308 g/mol. The summed E-state index contributed by atoms with van der Waals surface area (Å²) in [5.74, 6) is -0.125. The maximum absolute atomic E-state index is 11.8. The Morgan fingerprint density at radius 3 is 3.00 bits per heavy atom. The van der Waals surface area contributed by atoms with Gasteiger partial charge in [-0.1, -0.05) is 17.4 Å². The zero-order valence-electron chi connectivity index (χ0n) is 9.57. The van der Waals surface area contributed by atoms with Crippen LogP contribution in [0.5, 0.6) is 0 Å². The van der Waals surface area contributed by atoms with E-state index in [2.05, 4.69) is 20.5 Å². The predicted octanol–water partition coefficient (Wildman–Crippen LogP) is 2.90. The molecule has 0 aliphatic carbocycles. The van der Waals surface area contributed by atoms with Crippen LogP contribution in [0.3, 0.4) is 0 Å². The van der Waals surface area contributed by atoms with E-state index in [1.807, 2.05) is 22.9 Å². The van der Waals surface area contributed by atoms with E-state index in [0.29, 0.717) is 5.13 Å². The lowest BCUT2D eigenvalue weighted by Crippen LogP contribution is -2.14. The SMILES string of the molecule is O=C(Cc1csc(-c2cccs2)n1)Nc1nncs1. The molecule has 5 nitrogen and oxygen atoms in total. The molecule has 0 bridgehead atoms. The average Bonchev–Trinajstić information content (AvgIpc) is 3.09. The molecular weight excluding hydrogens is 300 g/mol. The minimum Gasteiger partial charge on any atom is -0.300 e. The molecule has 96 valence electrons. The standard InChI is InChI=1S/C11H8N4OS3/c16-9(14-11-15-12-6-19-11)4-7-5-18-10(13-7)8-2-1-3-17-8/h1-3,5-6H,4H2,(H,14,15,16). The quantitative estimate of drug-likeness (QED) is 0.804. The molecule has 0 fully saturated rings. The summed E-state index contributed by atoms with van der Waals surface area (Å²) >= 11 is 4.49. The largest absolute Gasteiger partial charge is 0.300 e. The van der Waals surface area contributed by atoms with Crippen molar-refractivity contribution in [2.45, 2.75) is 6.42 Å². The van der Waals surface area contributed by atoms with E-state index in [1.165, 1.54) is 11.3 Å². The molecule has 0 unspecified atom stereocenters. The molecule has 0 saturated carbocycles. The van der Waals surface area contributed by atoms with Crippen molar-refractivity contribution in [1.29, 1.82) is 0 Å². The Morgan fingerprint density at radius 1 is 1.32 bits per heavy atom. The third-order valence-corrected chi connectivity index (χ3v) is 4.77. The van der Waals surface area contributed by atoms with Gasteiger partial charge in [0.05, 0.1) is 17.0 Å². The van der Waals surface area contributed by atoms with Gasteiger partial charge in [0, 0.05) is 5.38 Å². The lowest BCUT2D eigenvalue weighted by Gasteiger charge is -1.97. The van der Waals surface area contributed by atoms with E-state index in [1.54, 1.807) is 28.2 Å². The molecule has 0 aliphatic heterocycles. The number of hydrogen-bond acceptors (Lipinski definition) is 7. The Balaban J connectivity index is 1.65. The number of carbonyl (C=O) groups is 1. The van der Waals surface area contributed by atoms with E-state index < -0.39 is 0 Å². The van der Waals surface area contributed by atoms with Gasteiger partial charge in [-0.25, -0.2) is 4.98 Å². The summed E-state index contributed by atoms with van der Waals surface area (Å²) in [6, 6.07) is 4.01. The first-order valence-electron chi connectivity index (χ1n) is 5.35. The fourth-order valence-electron chi connectivity index (χ4n) is 1.46. The van der Waals surface area contributed by atoms with Crippen molar-refractivity contribution in [1.82, 2.24) is 15.2 Å². The van der Waals surface area contributed by atoms with Crippen LogP contribution in [0.1, 0.15) is 5.69 Å². The molecule has 8 heteroatoms. The lowest BCUT2D eigenvalue weighted by atomic mass is 10.3. The van der Waals surface area contributed by atoms with E-state index in [9.17, 15) is 4.79 Å². The second-order valence-electron chi connectivity index (χ2n) is 3.59. The predicted molar refractivity (Wildman–Crippen MR) is 77.7 cm³/mol. The van der Waals surface area contributed by atoms with Crippen molar-refractivity contribution >= 4 is 45.0 Å². The number of thiazole rings is 1. The summed E-state index contributed by atoms with van der Waals surface area (Å²) in [7, 11) is 0. The van der Waals surface area contributed by atoms with Gasteiger partial charge in [-0.15, -0.1) is 32.9 Å². The molecule has 3 rings (SSSR count). The van der Waals surface area contributed by atoms with Crippen LogP contribution in [0, 0.1) is 0 Å². The molecule has 3 aromatic rings. The molecule has 3 heterocycles. The van der Waals surface area contributed by atoms with Gasteiger partial charge >= 0.3 is 0 Å². The zero-order valence-corrected chi connectivity index (χ0v) is 12.0. The number of rotatable bonds is 4. The Bertz CT molecular complexity index is 660. The number of carbonyl (C=O) groups excluding carboxylic acids is 1. The summed E-state index contributed by atoms with van der Waals surface area (Å²) < 4.78 is 0. The van der Waals surface area contributed by atoms with Gasteiger partial charge < -0.3 is 5.32 Å². The van der Waals surface area contributed by atoms with Gasteiger partial charge in [-0.05, 0) is 11.4 Å². The third-order valence-electron chi connectivity index (χ3n) is 2.23. The summed E-state index contributed by atoms with van der Waals surface area (Å²) in [5.41, 5.74) is 2.35. The summed E-state index contributed by atoms with van der Waals surface area (Å²) in [5, 5.41) is 15.5. The van der Waals surface area contributed by atoms with Gasteiger partial charge in [0.15, 0.2) is 0 Å². The molecular formula is C11H8N4OS3. The Morgan fingerprint density at radius 2 is 2.26 bits per heavy atom. The molecule has 0 spiro atoms. The van der Waals surface area contributed by atoms with Crippen LogP contribution in [0.25, 0.3) is 9.88 Å². The maximum atomic E-state index is 11.8. The number of nitrogens with one attached hydrogen (secondary N) is 1. The fraction of sp³-hybridized carbons (Fsp3) is 0.0909. The summed E-state index contributed by atoms with van der Waals surface area (Å²) in [4.78, 5) is 17.4. The monoisotopic (exact) mass is 308 g/mol. The summed E-state index contributed by atoms with van der Waals surface area (Å²) in [6.07, 6.45) is 0.251. The van der Waals surface area contributed by atoms with Gasteiger partial charge in [-0.2, -0.15) is 0 Å². The van der Waals surface area contributed by atoms with Gasteiger partial charge in [-0.3, -0.25) is 4.79 Å². The van der Waals surface area contributed by atoms with Gasteiger partial charge in [0.2, 0.25) is 11.0 Å².